The van der Waals surface area contributed by atoms with Crippen LogP contribution in [0.2, 0.25) is 0 Å². The van der Waals surface area contributed by atoms with Crippen molar-refractivity contribution < 1.29 is 13.2 Å². The van der Waals surface area contributed by atoms with Gasteiger partial charge in [-0.3, -0.25) is 4.79 Å². The predicted molar refractivity (Wildman–Crippen MR) is 97.9 cm³/mol. The maximum absolute atomic E-state index is 12.4. The molecule has 1 aromatic carbocycles. The topological polar surface area (TPSA) is 75.3 Å². The minimum atomic E-state index is -3.55. The number of hydrogen-bond acceptors (Lipinski definition) is 3. The zero-order chi connectivity index (χ0) is 17.7. The van der Waals surface area contributed by atoms with Crippen LogP contribution in [0, 0.1) is 5.92 Å². The van der Waals surface area contributed by atoms with E-state index in [1.807, 2.05) is 6.07 Å². The van der Waals surface area contributed by atoms with Crippen molar-refractivity contribution in [3.05, 3.63) is 29.3 Å². The molecule has 1 fully saturated rings. The number of sulfonamides is 1. The van der Waals surface area contributed by atoms with E-state index in [2.05, 4.69) is 10.0 Å². The van der Waals surface area contributed by atoms with Crippen LogP contribution in [-0.4, -0.2) is 27.4 Å². The van der Waals surface area contributed by atoms with Crippen LogP contribution >= 0.6 is 0 Å². The van der Waals surface area contributed by atoms with Gasteiger partial charge in [0.15, 0.2) is 0 Å². The van der Waals surface area contributed by atoms with E-state index in [0.717, 1.165) is 31.4 Å². The molecule has 2 aliphatic carbocycles. The molecular weight excluding hydrogens is 336 g/mol. The van der Waals surface area contributed by atoms with Crippen molar-refractivity contribution in [2.45, 2.75) is 62.7 Å². The van der Waals surface area contributed by atoms with Crippen LogP contribution in [0.15, 0.2) is 23.1 Å². The lowest BCUT2D eigenvalue weighted by atomic mass is 9.92. The lowest BCUT2D eigenvalue weighted by molar-refractivity contribution is -0.121. The molecule has 2 N–H and O–H groups in total. The highest BCUT2D eigenvalue weighted by Crippen LogP contribution is 2.24. The average molecular weight is 365 g/mol. The third kappa shape index (κ3) is 5.05. The van der Waals surface area contributed by atoms with Crippen LogP contribution in [0.25, 0.3) is 0 Å². The van der Waals surface area contributed by atoms with Crippen LogP contribution in [0.1, 0.15) is 56.1 Å². The minimum Gasteiger partial charge on any atom is -0.356 e. The average Bonchev–Trinajstić information content (AvgIpc) is 3.13. The lowest BCUT2D eigenvalue weighted by Crippen LogP contribution is -2.33. The second-order valence-corrected chi connectivity index (χ2v) is 9.01. The molecule has 25 heavy (non-hydrogen) atoms. The third-order valence-electron chi connectivity index (χ3n) is 5.34. The van der Waals surface area contributed by atoms with Crippen molar-refractivity contribution >= 4 is 15.9 Å². The fourth-order valence-corrected chi connectivity index (χ4v) is 4.90. The van der Waals surface area contributed by atoms with Gasteiger partial charge in [-0.15, -0.1) is 0 Å². The van der Waals surface area contributed by atoms with Crippen LogP contribution < -0.4 is 10.0 Å². The van der Waals surface area contributed by atoms with Gasteiger partial charge in [0.2, 0.25) is 15.9 Å². The molecule has 1 saturated carbocycles. The number of nitrogens with one attached hydrogen (secondary N) is 2. The first-order chi connectivity index (χ1) is 12.0. The molecule has 0 bridgehead atoms. The molecule has 0 radical (unpaired) electrons. The molecule has 0 unspecified atom stereocenters. The molecule has 5 nitrogen and oxygen atoms in total. The van der Waals surface area contributed by atoms with Crippen molar-refractivity contribution in [3.63, 3.8) is 0 Å². The molecule has 1 amide bonds. The van der Waals surface area contributed by atoms with E-state index < -0.39 is 10.0 Å². The third-order valence-corrected chi connectivity index (χ3v) is 6.80. The quantitative estimate of drug-likeness (QED) is 0.781. The van der Waals surface area contributed by atoms with Crippen molar-refractivity contribution in [1.29, 1.82) is 0 Å². The van der Waals surface area contributed by atoms with Crippen LogP contribution in [0.3, 0.4) is 0 Å². The second-order valence-electron chi connectivity index (χ2n) is 7.24. The van der Waals surface area contributed by atoms with Gasteiger partial charge in [-0.1, -0.05) is 18.9 Å². The molecule has 0 aliphatic heterocycles. The summed E-state index contributed by atoms with van der Waals surface area (Å²) in [5, 5.41) is 2.92. The summed E-state index contributed by atoms with van der Waals surface area (Å²) >= 11 is 0. The molecule has 2 aliphatic rings. The molecule has 1 aromatic rings. The number of aryl methyl sites for hydroxylation is 2. The summed E-state index contributed by atoms with van der Waals surface area (Å²) in [6.45, 7) is 0.853. The van der Waals surface area contributed by atoms with Gasteiger partial charge >= 0.3 is 0 Å². The molecule has 0 heterocycles. The SMILES string of the molecule is O=C(CCNS(=O)(=O)c1ccc2c(c1)CCCC2)NCC1CCCC1. The number of hydrogen-bond donors (Lipinski definition) is 2. The van der Waals surface area contributed by atoms with Gasteiger partial charge in [-0.25, -0.2) is 13.1 Å². The zero-order valence-electron chi connectivity index (χ0n) is 14.7. The van der Waals surface area contributed by atoms with E-state index in [1.165, 1.54) is 37.7 Å². The molecule has 3 rings (SSSR count). The summed E-state index contributed by atoms with van der Waals surface area (Å²) in [5.41, 5.74) is 2.40. The first kappa shape index (κ1) is 18.4. The summed E-state index contributed by atoms with van der Waals surface area (Å²) in [4.78, 5) is 12.2. The van der Waals surface area contributed by atoms with Crippen LogP contribution in [0.5, 0.6) is 0 Å². The number of carbonyl (C=O) groups excluding carboxylic acids is 1. The number of rotatable bonds is 7. The Hall–Kier alpha value is -1.40. The number of benzene rings is 1. The molecule has 0 atom stereocenters. The molecule has 0 spiro atoms. The Morgan fingerprint density at radius 2 is 1.76 bits per heavy atom. The summed E-state index contributed by atoms with van der Waals surface area (Å²) in [6, 6.07) is 5.39. The Kier molecular flexibility index (Phi) is 6.12. The van der Waals surface area contributed by atoms with Crippen molar-refractivity contribution in [2.75, 3.05) is 13.1 Å². The van der Waals surface area contributed by atoms with Gasteiger partial charge < -0.3 is 5.32 Å². The van der Waals surface area contributed by atoms with E-state index in [1.54, 1.807) is 12.1 Å². The summed E-state index contributed by atoms with van der Waals surface area (Å²) in [5.74, 6) is 0.510. The summed E-state index contributed by atoms with van der Waals surface area (Å²) in [6.07, 6.45) is 9.32. The molecule has 0 saturated heterocycles. The monoisotopic (exact) mass is 364 g/mol. The first-order valence-electron chi connectivity index (χ1n) is 9.43. The highest BCUT2D eigenvalue weighted by atomic mass is 32.2. The van der Waals surface area contributed by atoms with Crippen molar-refractivity contribution in [2.24, 2.45) is 5.92 Å². The molecule has 0 aromatic heterocycles. The first-order valence-corrected chi connectivity index (χ1v) is 10.9. The molecular formula is C19H28N2O3S. The van der Waals surface area contributed by atoms with Gasteiger partial charge in [0, 0.05) is 19.5 Å². The van der Waals surface area contributed by atoms with Crippen LogP contribution in [-0.2, 0) is 27.7 Å². The van der Waals surface area contributed by atoms with Crippen molar-refractivity contribution in [3.8, 4) is 0 Å². The van der Waals surface area contributed by atoms with Gasteiger partial charge in [0.05, 0.1) is 4.90 Å². The normalized spacial score (nSPS) is 18.1. The smallest absolute Gasteiger partial charge is 0.240 e. The van der Waals surface area contributed by atoms with E-state index in [-0.39, 0.29) is 18.9 Å². The number of fused-ring (bicyclic) bond motifs is 1. The number of carbonyl (C=O) groups is 1. The van der Waals surface area contributed by atoms with Gasteiger partial charge in [0.1, 0.15) is 0 Å². The zero-order valence-corrected chi connectivity index (χ0v) is 15.5. The standard InChI is InChI=1S/C19H28N2O3S/c22-19(20-14-15-5-1-2-6-15)11-12-21-25(23,24)18-10-9-16-7-3-4-8-17(16)13-18/h9-10,13,15,21H,1-8,11-12,14H2,(H,20,22). The van der Waals surface area contributed by atoms with E-state index >= 15 is 0 Å². The summed E-state index contributed by atoms with van der Waals surface area (Å²) < 4.78 is 27.4. The van der Waals surface area contributed by atoms with Gasteiger partial charge in [-0.05, 0) is 67.7 Å². The van der Waals surface area contributed by atoms with Gasteiger partial charge in [0.25, 0.3) is 0 Å². The van der Waals surface area contributed by atoms with E-state index in [9.17, 15) is 13.2 Å². The fourth-order valence-electron chi connectivity index (χ4n) is 3.82. The molecule has 6 heteroatoms. The van der Waals surface area contributed by atoms with E-state index in [0.29, 0.717) is 10.8 Å². The predicted octanol–water partition coefficient (Wildman–Crippen LogP) is 2.54. The number of amides is 1. The Balaban J connectivity index is 1.47. The Morgan fingerprint density at radius 1 is 1.04 bits per heavy atom. The van der Waals surface area contributed by atoms with Crippen molar-refractivity contribution in [1.82, 2.24) is 10.0 Å². The van der Waals surface area contributed by atoms with Crippen LogP contribution in [0.4, 0.5) is 0 Å². The lowest BCUT2D eigenvalue weighted by Gasteiger charge is -2.16. The molecule has 138 valence electrons. The largest absolute Gasteiger partial charge is 0.356 e. The maximum Gasteiger partial charge on any atom is 0.240 e. The second kappa shape index (κ2) is 8.32. The maximum atomic E-state index is 12.4. The van der Waals surface area contributed by atoms with E-state index in [4.69, 9.17) is 0 Å². The highest BCUT2D eigenvalue weighted by Gasteiger charge is 2.18. The van der Waals surface area contributed by atoms with Gasteiger partial charge in [-0.2, -0.15) is 0 Å². The summed E-state index contributed by atoms with van der Waals surface area (Å²) in [7, 11) is -3.55. The fraction of sp³-hybridized carbons (Fsp3) is 0.632. The minimum absolute atomic E-state index is 0.0833. The highest BCUT2D eigenvalue weighted by molar-refractivity contribution is 7.89. The Bertz CT molecular complexity index is 709. The Morgan fingerprint density at radius 3 is 2.52 bits per heavy atom. The Labute approximate surface area is 150 Å².